The number of alkyl carbamates (subject to hydrolysis) is 1. The lowest BCUT2D eigenvalue weighted by atomic mass is 9.87. The summed E-state index contributed by atoms with van der Waals surface area (Å²) in [5.74, 6) is -0.838. The fourth-order valence-electron chi connectivity index (χ4n) is 2.50. The lowest BCUT2D eigenvalue weighted by Crippen LogP contribution is -2.52. The zero-order valence-corrected chi connectivity index (χ0v) is 15.0. The van der Waals surface area contributed by atoms with Crippen molar-refractivity contribution in [1.29, 1.82) is 0 Å². The Labute approximate surface area is 146 Å². The molecule has 1 aromatic carbocycles. The van der Waals surface area contributed by atoms with E-state index in [-0.39, 0.29) is 23.9 Å². The predicted molar refractivity (Wildman–Crippen MR) is 92.4 cm³/mol. The fraction of sp³-hybridized carbons (Fsp3) is 0.471. The number of nitrogen functional groups attached to an aromatic ring is 1. The van der Waals surface area contributed by atoms with Crippen LogP contribution in [-0.2, 0) is 15.1 Å². The van der Waals surface area contributed by atoms with Crippen molar-refractivity contribution < 1.29 is 18.7 Å². The minimum atomic E-state index is -1.19. The largest absolute Gasteiger partial charge is 0.444 e. The molecule has 0 saturated heterocycles. The maximum absolute atomic E-state index is 14.3. The molecule has 136 valence electrons. The summed E-state index contributed by atoms with van der Waals surface area (Å²) < 4.78 is 19.5. The number of amides is 2. The van der Waals surface area contributed by atoms with Crippen LogP contribution in [0.2, 0.25) is 0 Å². The molecule has 0 aliphatic carbocycles. The third-order valence-corrected chi connectivity index (χ3v) is 3.72. The summed E-state index contributed by atoms with van der Waals surface area (Å²) in [4.78, 5) is 30.0. The zero-order valence-electron chi connectivity index (χ0n) is 15.0. The molecular weight excluding hydrogens is 327 g/mol. The number of hydrogen-bond acceptors (Lipinski definition) is 5. The van der Waals surface area contributed by atoms with E-state index in [2.05, 4.69) is 10.3 Å². The molecule has 0 bridgehead atoms. The van der Waals surface area contributed by atoms with Gasteiger partial charge in [0, 0.05) is 18.3 Å². The molecule has 1 aliphatic rings. The van der Waals surface area contributed by atoms with Crippen molar-refractivity contribution in [2.45, 2.75) is 45.3 Å². The maximum atomic E-state index is 14.3. The molecule has 25 heavy (non-hydrogen) atoms. The van der Waals surface area contributed by atoms with Gasteiger partial charge in [-0.3, -0.25) is 15.0 Å². The molecule has 1 aromatic rings. The second-order valence-electron chi connectivity index (χ2n) is 7.20. The van der Waals surface area contributed by atoms with Crippen LogP contribution in [0.25, 0.3) is 0 Å². The van der Waals surface area contributed by atoms with Gasteiger partial charge in [0.25, 0.3) is 0 Å². The Hall–Kier alpha value is -2.64. The van der Waals surface area contributed by atoms with Crippen LogP contribution in [-0.4, -0.2) is 35.5 Å². The minimum Gasteiger partial charge on any atom is -0.444 e. The number of benzene rings is 1. The number of rotatable bonds is 1. The summed E-state index contributed by atoms with van der Waals surface area (Å²) in [6.45, 7) is 6.77. The second kappa shape index (κ2) is 6.34. The number of hydrogen-bond donors (Lipinski definition) is 2. The number of anilines is 1. The molecule has 8 heteroatoms. The smallest absolute Gasteiger partial charge is 0.414 e. The van der Waals surface area contributed by atoms with E-state index in [0.29, 0.717) is 5.69 Å². The first-order chi connectivity index (χ1) is 11.4. The van der Waals surface area contributed by atoms with Crippen LogP contribution in [0.4, 0.5) is 14.9 Å². The van der Waals surface area contributed by atoms with Crippen molar-refractivity contribution >= 4 is 23.6 Å². The van der Waals surface area contributed by atoms with Crippen molar-refractivity contribution in [3.05, 3.63) is 29.6 Å². The topological polar surface area (TPSA) is 97.0 Å². The first-order valence-corrected chi connectivity index (χ1v) is 7.83. The average Bonchev–Trinajstić information content (AvgIpc) is 2.45. The second-order valence-corrected chi connectivity index (χ2v) is 7.20. The molecule has 7 nitrogen and oxygen atoms in total. The van der Waals surface area contributed by atoms with Crippen molar-refractivity contribution in [3.63, 3.8) is 0 Å². The standard InChI is InChI=1S/C17H23FN4O3/c1-16(2,3)25-15(24)20-14-21-17(4,9-13(23)22(14)5)11-8-10(19)6-7-12(11)18/h6-8H,9,19H2,1-5H3,(H,20,21,24). The molecule has 2 rings (SSSR count). The van der Waals surface area contributed by atoms with Gasteiger partial charge in [0.2, 0.25) is 11.9 Å². The van der Waals surface area contributed by atoms with Crippen LogP contribution >= 0.6 is 0 Å². The Morgan fingerprint density at radius 3 is 2.68 bits per heavy atom. The third kappa shape index (κ3) is 4.26. The average molecular weight is 350 g/mol. The van der Waals surface area contributed by atoms with E-state index in [1.807, 2.05) is 0 Å². The number of nitrogens with two attached hydrogens (primary N) is 1. The molecule has 0 saturated carbocycles. The molecule has 1 unspecified atom stereocenters. The lowest BCUT2D eigenvalue weighted by molar-refractivity contribution is -0.128. The number of nitrogens with one attached hydrogen (secondary N) is 1. The number of ether oxygens (including phenoxy) is 1. The van der Waals surface area contributed by atoms with Gasteiger partial charge in [0.1, 0.15) is 11.4 Å². The van der Waals surface area contributed by atoms with E-state index in [0.717, 1.165) is 0 Å². The molecule has 0 aromatic heterocycles. The van der Waals surface area contributed by atoms with Gasteiger partial charge < -0.3 is 10.5 Å². The summed E-state index contributed by atoms with van der Waals surface area (Å²) in [7, 11) is 1.48. The van der Waals surface area contributed by atoms with E-state index in [4.69, 9.17) is 10.5 Å². The number of aliphatic imine (C=N–C) groups is 1. The molecule has 3 N–H and O–H groups in total. The van der Waals surface area contributed by atoms with Crippen LogP contribution in [0.3, 0.4) is 0 Å². The van der Waals surface area contributed by atoms with Gasteiger partial charge in [-0.15, -0.1) is 0 Å². The normalized spacial score (nSPS) is 21.0. The fourth-order valence-corrected chi connectivity index (χ4v) is 2.50. The minimum absolute atomic E-state index is 0.00479. The summed E-state index contributed by atoms with van der Waals surface area (Å²) in [5, 5.41) is 2.45. The molecule has 1 aliphatic heterocycles. The molecular formula is C17H23FN4O3. The highest BCUT2D eigenvalue weighted by Gasteiger charge is 2.39. The first kappa shape index (κ1) is 18.7. The van der Waals surface area contributed by atoms with Gasteiger partial charge in [0.15, 0.2) is 0 Å². The number of carbonyl (C=O) groups is 2. The summed E-state index contributed by atoms with van der Waals surface area (Å²) in [5.41, 5.74) is 4.40. The van der Waals surface area contributed by atoms with E-state index < -0.39 is 23.1 Å². The van der Waals surface area contributed by atoms with Crippen LogP contribution in [0.1, 0.15) is 39.7 Å². The number of carbonyl (C=O) groups excluding carboxylic acids is 2. The van der Waals surface area contributed by atoms with Crippen LogP contribution in [0, 0.1) is 5.82 Å². The van der Waals surface area contributed by atoms with Crippen LogP contribution in [0.15, 0.2) is 23.2 Å². The highest BCUT2D eigenvalue weighted by molar-refractivity contribution is 6.04. The predicted octanol–water partition coefficient (Wildman–Crippen LogP) is 2.37. The van der Waals surface area contributed by atoms with Gasteiger partial charge in [-0.2, -0.15) is 0 Å². The quantitative estimate of drug-likeness (QED) is 0.760. The molecule has 0 fully saturated rings. The van der Waals surface area contributed by atoms with Gasteiger partial charge in [-0.05, 0) is 45.9 Å². The van der Waals surface area contributed by atoms with E-state index in [1.54, 1.807) is 27.7 Å². The van der Waals surface area contributed by atoms with Gasteiger partial charge >= 0.3 is 6.09 Å². The highest BCUT2D eigenvalue weighted by atomic mass is 19.1. The number of nitrogens with zero attached hydrogens (tertiary/aromatic N) is 2. The SMILES string of the molecule is CN1C(=O)CC(C)(c2cc(N)ccc2F)N=C1NC(=O)OC(C)(C)C. The van der Waals surface area contributed by atoms with Gasteiger partial charge in [-0.1, -0.05) is 0 Å². The Morgan fingerprint density at radius 2 is 2.08 bits per heavy atom. The van der Waals surface area contributed by atoms with E-state index in [1.165, 1.54) is 30.1 Å². The summed E-state index contributed by atoms with van der Waals surface area (Å²) in [6.07, 6.45) is -0.799. The molecule has 0 spiro atoms. The maximum Gasteiger partial charge on any atom is 0.414 e. The summed E-state index contributed by atoms with van der Waals surface area (Å²) >= 11 is 0. The van der Waals surface area contributed by atoms with Crippen LogP contribution in [0.5, 0.6) is 0 Å². The van der Waals surface area contributed by atoms with Crippen molar-refractivity contribution in [1.82, 2.24) is 10.2 Å². The highest BCUT2D eigenvalue weighted by Crippen LogP contribution is 2.35. The molecule has 2 amide bonds. The third-order valence-electron chi connectivity index (χ3n) is 3.72. The Kier molecular flexibility index (Phi) is 4.74. The van der Waals surface area contributed by atoms with Crippen LogP contribution < -0.4 is 11.1 Å². The lowest BCUT2D eigenvalue weighted by Gasteiger charge is -2.35. The Balaban J connectivity index is 2.39. The Bertz CT molecular complexity index is 742. The van der Waals surface area contributed by atoms with Crippen molar-refractivity contribution in [2.75, 3.05) is 12.8 Å². The first-order valence-electron chi connectivity index (χ1n) is 7.83. The van der Waals surface area contributed by atoms with E-state index >= 15 is 0 Å². The Morgan fingerprint density at radius 1 is 1.44 bits per heavy atom. The number of halogens is 1. The molecule has 1 heterocycles. The van der Waals surface area contributed by atoms with Crippen molar-refractivity contribution in [3.8, 4) is 0 Å². The molecule has 1 atom stereocenters. The zero-order chi connectivity index (χ0) is 19.0. The number of guanidine groups is 1. The van der Waals surface area contributed by atoms with Gasteiger partial charge in [-0.25, -0.2) is 14.2 Å². The molecule has 0 radical (unpaired) electrons. The van der Waals surface area contributed by atoms with Crippen molar-refractivity contribution in [2.24, 2.45) is 4.99 Å². The monoisotopic (exact) mass is 350 g/mol. The van der Waals surface area contributed by atoms with E-state index in [9.17, 15) is 14.0 Å². The summed E-state index contributed by atoms with van der Waals surface area (Å²) in [6, 6.07) is 4.11. The van der Waals surface area contributed by atoms with Gasteiger partial charge in [0.05, 0.1) is 12.0 Å².